The van der Waals surface area contributed by atoms with Crippen LogP contribution in [0.25, 0.3) is 0 Å². The van der Waals surface area contributed by atoms with E-state index in [-0.39, 0.29) is 0 Å². The van der Waals surface area contributed by atoms with E-state index in [2.05, 4.69) is 18.8 Å². The largest absolute Gasteiger partial charge is 0.378 e. The molecule has 0 aromatic rings. The number of hydrogen-bond donors (Lipinski definition) is 1. The quantitative estimate of drug-likeness (QED) is 0.637. The van der Waals surface area contributed by atoms with Gasteiger partial charge in [0.25, 0.3) is 0 Å². The summed E-state index contributed by atoms with van der Waals surface area (Å²) in [5.41, 5.74) is 0. The first kappa shape index (κ1) is 10.7. The van der Waals surface area contributed by atoms with Gasteiger partial charge in [-0.3, -0.25) is 0 Å². The number of nitrogens with one attached hydrogen (secondary N) is 1. The molecule has 1 heterocycles. The monoisotopic (exact) mass is 183 g/mol. The normalized spacial score (nSPS) is 24.5. The van der Waals surface area contributed by atoms with Gasteiger partial charge in [0, 0.05) is 12.6 Å². The summed E-state index contributed by atoms with van der Waals surface area (Å²) in [6, 6.07) is 0.467. The summed E-state index contributed by atoms with van der Waals surface area (Å²) in [5, 5.41) is 3.38. The predicted molar refractivity (Wildman–Crippen MR) is 55.9 cm³/mol. The van der Waals surface area contributed by atoms with Crippen molar-refractivity contribution in [3.8, 4) is 0 Å². The van der Waals surface area contributed by atoms with E-state index in [1.807, 2.05) is 6.08 Å². The van der Waals surface area contributed by atoms with E-state index in [4.69, 9.17) is 4.74 Å². The minimum atomic E-state index is 0.467. The van der Waals surface area contributed by atoms with Crippen LogP contribution in [0.2, 0.25) is 0 Å². The Kier molecular flexibility index (Phi) is 5.09. The molecule has 0 spiro atoms. The molecular formula is C11H21NO. The molecule has 1 N–H and O–H groups in total. The van der Waals surface area contributed by atoms with Crippen molar-refractivity contribution in [3.05, 3.63) is 12.7 Å². The Morgan fingerprint density at radius 1 is 1.69 bits per heavy atom. The molecule has 0 amide bonds. The van der Waals surface area contributed by atoms with Crippen LogP contribution in [0.15, 0.2) is 12.7 Å². The lowest BCUT2D eigenvalue weighted by Gasteiger charge is -2.15. The molecule has 2 heteroatoms. The summed E-state index contributed by atoms with van der Waals surface area (Å²) >= 11 is 0. The van der Waals surface area contributed by atoms with Gasteiger partial charge in [0.05, 0.1) is 6.10 Å². The first-order valence-electron chi connectivity index (χ1n) is 5.34. The van der Waals surface area contributed by atoms with Crippen molar-refractivity contribution in [3.63, 3.8) is 0 Å². The van der Waals surface area contributed by atoms with Crippen LogP contribution in [0.5, 0.6) is 0 Å². The second kappa shape index (κ2) is 6.17. The van der Waals surface area contributed by atoms with Crippen LogP contribution in [-0.2, 0) is 4.74 Å². The number of rotatable bonds is 6. The van der Waals surface area contributed by atoms with Crippen LogP contribution >= 0.6 is 0 Å². The van der Waals surface area contributed by atoms with Crippen molar-refractivity contribution >= 4 is 0 Å². The smallest absolute Gasteiger partial charge is 0.0576 e. The zero-order valence-electron chi connectivity index (χ0n) is 8.59. The predicted octanol–water partition coefficient (Wildman–Crippen LogP) is 2.11. The minimum absolute atomic E-state index is 0.467. The molecular weight excluding hydrogens is 162 g/mol. The van der Waals surface area contributed by atoms with Gasteiger partial charge in [-0.25, -0.2) is 0 Å². The molecule has 1 aliphatic rings. The van der Waals surface area contributed by atoms with Crippen LogP contribution in [0.4, 0.5) is 0 Å². The van der Waals surface area contributed by atoms with E-state index in [1.54, 1.807) is 0 Å². The first-order chi connectivity index (χ1) is 6.36. The molecule has 0 aromatic carbocycles. The Hall–Kier alpha value is -0.340. The van der Waals surface area contributed by atoms with Crippen LogP contribution in [0, 0.1) is 0 Å². The van der Waals surface area contributed by atoms with Crippen molar-refractivity contribution in [1.29, 1.82) is 0 Å². The van der Waals surface area contributed by atoms with Crippen LogP contribution in [-0.4, -0.2) is 25.3 Å². The highest BCUT2D eigenvalue weighted by Crippen LogP contribution is 2.17. The summed E-state index contributed by atoms with van der Waals surface area (Å²) in [7, 11) is 0. The molecule has 0 aromatic heterocycles. The Morgan fingerprint density at radius 2 is 2.54 bits per heavy atom. The van der Waals surface area contributed by atoms with Gasteiger partial charge in [0.15, 0.2) is 0 Å². The van der Waals surface area contributed by atoms with Gasteiger partial charge >= 0.3 is 0 Å². The molecule has 1 rings (SSSR count). The Balaban J connectivity index is 2.10. The zero-order valence-corrected chi connectivity index (χ0v) is 8.59. The lowest BCUT2D eigenvalue weighted by atomic mass is 10.1. The highest BCUT2D eigenvalue weighted by molar-refractivity contribution is 4.86. The van der Waals surface area contributed by atoms with Crippen molar-refractivity contribution in [2.24, 2.45) is 0 Å². The molecule has 1 fully saturated rings. The van der Waals surface area contributed by atoms with E-state index in [0.717, 1.165) is 19.6 Å². The van der Waals surface area contributed by atoms with Gasteiger partial charge in [-0.2, -0.15) is 0 Å². The van der Waals surface area contributed by atoms with Crippen molar-refractivity contribution in [1.82, 2.24) is 5.32 Å². The topological polar surface area (TPSA) is 21.3 Å². The van der Waals surface area contributed by atoms with Crippen molar-refractivity contribution in [2.45, 2.75) is 44.8 Å². The molecule has 0 aliphatic carbocycles. The second-order valence-electron chi connectivity index (χ2n) is 3.61. The lowest BCUT2D eigenvalue weighted by molar-refractivity contribution is 0.101. The van der Waals surface area contributed by atoms with Crippen LogP contribution in [0.3, 0.4) is 0 Å². The molecule has 0 bridgehead atoms. The first-order valence-corrected chi connectivity index (χ1v) is 5.34. The SMILES string of the molecule is C=CC(CCC1CCCO1)NCC. The third-order valence-electron chi connectivity index (χ3n) is 2.57. The van der Waals surface area contributed by atoms with E-state index in [9.17, 15) is 0 Å². The summed E-state index contributed by atoms with van der Waals surface area (Å²) in [4.78, 5) is 0. The number of likely N-dealkylation sites (N-methyl/N-ethyl adjacent to an activating group) is 1. The highest BCUT2D eigenvalue weighted by Gasteiger charge is 2.16. The number of hydrogen-bond acceptors (Lipinski definition) is 2. The summed E-state index contributed by atoms with van der Waals surface area (Å²) in [5.74, 6) is 0. The van der Waals surface area contributed by atoms with Gasteiger partial charge < -0.3 is 10.1 Å². The summed E-state index contributed by atoms with van der Waals surface area (Å²) < 4.78 is 5.56. The van der Waals surface area contributed by atoms with Gasteiger partial charge in [0.1, 0.15) is 0 Å². The van der Waals surface area contributed by atoms with E-state index >= 15 is 0 Å². The van der Waals surface area contributed by atoms with Crippen LogP contribution in [0.1, 0.15) is 32.6 Å². The average molecular weight is 183 g/mol. The Labute approximate surface area is 81.4 Å². The number of ether oxygens (including phenoxy) is 1. The fourth-order valence-electron chi connectivity index (χ4n) is 1.80. The summed E-state index contributed by atoms with van der Waals surface area (Å²) in [6.07, 6.45) is 7.33. The van der Waals surface area contributed by atoms with Gasteiger partial charge in [-0.1, -0.05) is 13.0 Å². The van der Waals surface area contributed by atoms with E-state index in [0.29, 0.717) is 12.1 Å². The molecule has 1 aliphatic heterocycles. The van der Waals surface area contributed by atoms with Gasteiger partial charge in [-0.05, 0) is 32.2 Å². The third-order valence-corrected chi connectivity index (χ3v) is 2.57. The average Bonchev–Trinajstić information content (AvgIpc) is 2.64. The fraction of sp³-hybridized carbons (Fsp3) is 0.818. The second-order valence-corrected chi connectivity index (χ2v) is 3.61. The molecule has 2 unspecified atom stereocenters. The molecule has 2 atom stereocenters. The minimum Gasteiger partial charge on any atom is -0.378 e. The molecule has 0 saturated carbocycles. The Morgan fingerprint density at radius 3 is 3.08 bits per heavy atom. The Bertz CT molecular complexity index is 141. The third kappa shape index (κ3) is 3.92. The van der Waals surface area contributed by atoms with E-state index < -0.39 is 0 Å². The maximum Gasteiger partial charge on any atom is 0.0576 e. The summed E-state index contributed by atoms with van der Waals surface area (Å²) in [6.45, 7) is 7.93. The molecule has 13 heavy (non-hydrogen) atoms. The molecule has 76 valence electrons. The van der Waals surface area contributed by atoms with Crippen molar-refractivity contribution < 1.29 is 4.74 Å². The van der Waals surface area contributed by atoms with Crippen LogP contribution < -0.4 is 5.32 Å². The van der Waals surface area contributed by atoms with Gasteiger partial charge in [-0.15, -0.1) is 6.58 Å². The maximum absolute atomic E-state index is 5.56. The lowest BCUT2D eigenvalue weighted by Crippen LogP contribution is -2.27. The highest BCUT2D eigenvalue weighted by atomic mass is 16.5. The fourth-order valence-corrected chi connectivity index (χ4v) is 1.80. The van der Waals surface area contributed by atoms with Gasteiger partial charge in [0.2, 0.25) is 0 Å². The molecule has 2 nitrogen and oxygen atoms in total. The standard InChI is InChI=1S/C11H21NO/c1-3-10(12-4-2)7-8-11-6-5-9-13-11/h3,10-12H,1,4-9H2,2H3. The zero-order chi connectivity index (χ0) is 9.52. The molecule has 0 radical (unpaired) electrons. The maximum atomic E-state index is 5.56. The molecule has 1 saturated heterocycles. The van der Waals surface area contributed by atoms with E-state index in [1.165, 1.54) is 19.3 Å². The van der Waals surface area contributed by atoms with Crippen molar-refractivity contribution in [2.75, 3.05) is 13.2 Å².